The maximum atomic E-state index is 8.52. The Bertz CT molecular complexity index is 292. The molecule has 0 aromatic heterocycles. The number of guanidine groups is 1. The van der Waals surface area contributed by atoms with Crippen molar-refractivity contribution in [2.75, 3.05) is 0 Å². The first kappa shape index (κ1) is 23.7. The summed E-state index contributed by atoms with van der Waals surface area (Å²) in [6, 6.07) is 0. The van der Waals surface area contributed by atoms with Crippen LogP contribution in [0.3, 0.4) is 0 Å². The SMILES string of the molecule is N=C(N)N.O=S(=O)([O-])[O-].O=S(=O)([O-])[O-].[C+4]. The molecule has 11 nitrogen and oxygen atoms in total. The first-order chi connectivity index (χ1) is 5.73. The van der Waals surface area contributed by atoms with Crippen molar-refractivity contribution in [2.24, 2.45) is 11.5 Å². The minimum Gasteiger partial charge on any atom is -0.759 e. The molecule has 0 aromatic rings. The van der Waals surface area contributed by atoms with Crippen molar-refractivity contribution in [3.63, 3.8) is 0 Å². The molecule has 0 unspecified atom stereocenters. The largest absolute Gasteiger partial charge is 4.00 e. The molecule has 0 bridgehead atoms. The minimum atomic E-state index is -5.17. The van der Waals surface area contributed by atoms with Gasteiger partial charge in [0.15, 0.2) is 5.96 Å². The van der Waals surface area contributed by atoms with Crippen LogP contribution in [0, 0.1) is 12.8 Å². The molecule has 0 amide bonds. The Labute approximate surface area is 86.8 Å². The summed E-state index contributed by atoms with van der Waals surface area (Å²) in [5.74, 6) is -0.333. The van der Waals surface area contributed by atoms with E-state index in [0.29, 0.717) is 0 Å². The van der Waals surface area contributed by atoms with Crippen LogP contribution in [0.2, 0.25) is 0 Å². The zero-order valence-corrected chi connectivity index (χ0v) is 8.37. The molecular formula is C2H5N3O8S2. The third kappa shape index (κ3) is 1610. The Morgan fingerprint density at radius 3 is 0.867 bits per heavy atom. The van der Waals surface area contributed by atoms with Crippen LogP contribution < -0.4 is 11.5 Å². The van der Waals surface area contributed by atoms with Gasteiger partial charge in [-0.1, -0.05) is 0 Å². The van der Waals surface area contributed by atoms with Crippen molar-refractivity contribution in [2.45, 2.75) is 0 Å². The van der Waals surface area contributed by atoms with E-state index in [0.717, 1.165) is 0 Å². The summed E-state index contributed by atoms with van der Waals surface area (Å²) in [6.45, 7) is 0. The maximum Gasteiger partial charge on any atom is 4.00 e. The summed E-state index contributed by atoms with van der Waals surface area (Å²) in [5, 5.41) is 6.06. The first-order valence-electron chi connectivity index (χ1n) is 2.16. The average Bonchev–Trinajstić information content (AvgIpc) is 1.45. The Kier molecular flexibility index (Phi) is 15.1. The Morgan fingerprint density at radius 1 is 0.867 bits per heavy atom. The molecule has 0 rings (SSSR count). The molecule has 13 heteroatoms. The summed E-state index contributed by atoms with van der Waals surface area (Å²) >= 11 is 0. The molecule has 0 saturated heterocycles. The van der Waals surface area contributed by atoms with E-state index in [-0.39, 0.29) is 13.4 Å². The van der Waals surface area contributed by atoms with Gasteiger partial charge >= 0.3 is 7.43 Å². The first-order valence-corrected chi connectivity index (χ1v) is 4.83. The van der Waals surface area contributed by atoms with E-state index in [1.165, 1.54) is 0 Å². The molecule has 0 fully saturated rings. The van der Waals surface area contributed by atoms with Gasteiger partial charge < -0.3 is 29.7 Å². The van der Waals surface area contributed by atoms with Crippen LogP contribution in [0.15, 0.2) is 0 Å². The number of hydrogen-bond donors (Lipinski definition) is 3. The van der Waals surface area contributed by atoms with E-state index in [1.54, 1.807) is 0 Å². The molecule has 0 saturated carbocycles. The van der Waals surface area contributed by atoms with Crippen LogP contribution in [0.25, 0.3) is 0 Å². The summed E-state index contributed by atoms with van der Waals surface area (Å²) in [7, 11) is -10.3. The predicted molar refractivity (Wildman–Crippen MR) is 40.3 cm³/mol. The van der Waals surface area contributed by atoms with Crippen LogP contribution in [0.1, 0.15) is 0 Å². The minimum absolute atomic E-state index is 0. The van der Waals surface area contributed by atoms with Crippen LogP contribution in [0.5, 0.6) is 0 Å². The molecule has 0 heterocycles. The van der Waals surface area contributed by atoms with Gasteiger partial charge in [-0.3, -0.25) is 22.2 Å². The van der Waals surface area contributed by atoms with Gasteiger partial charge in [0.25, 0.3) is 0 Å². The fourth-order valence-electron chi connectivity index (χ4n) is 0. The fraction of sp³-hybridized carbons (Fsp3) is 0. The Morgan fingerprint density at radius 2 is 0.867 bits per heavy atom. The van der Waals surface area contributed by atoms with E-state index in [9.17, 15) is 0 Å². The van der Waals surface area contributed by atoms with Crippen molar-refractivity contribution < 1.29 is 35.0 Å². The molecule has 0 spiro atoms. The molecule has 0 aromatic carbocycles. The summed E-state index contributed by atoms with van der Waals surface area (Å²) in [6.07, 6.45) is 0. The van der Waals surface area contributed by atoms with Gasteiger partial charge in [0.05, 0.1) is 0 Å². The molecule has 0 aliphatic rings. The smallest absolute Gasteiger partial charge is 0.759 e. The van der Waals surface area contributed by atoms with E-state index in [1.807, 2.05) is 0 Å². The third-order valence-corrected chi connectivity index (χ3v) is 0. The van der Waals surface area contributed by atoms with E-state index >= 15 is 0 Å². The fourth-order valence-corrected chi connectivity index (χ4v) is 0. The van der Waals surface area contributed by atoms with E-state index in [2.05, 4.69) is 11.5 Å². The monoisotopic (exact) mass is 263 g/mol. The van der Waals surface area contributed by atoms with Gasteiger partial charge in [0, 0.05) is 20.8 Å². The van der Waals surface area contributed by atoms with Crippen LogP contribution in [-0.2, 0) is 20.8 Å². The second-order valence-electron chi connectivity index (χ2n) is 1.27. The van der Waals surface area contributed by atoms with Gasteiger partial charge in [0.2, 0.25) is 0 Å². The molecule has 15 heavy (non-hydrogen) atoms. The zero-order chi connectivity index (χ0) is 12.6. The molecule has 0 aliphatic carbocycles. The number of nitrogens with two attached hydrogens (primary N) is 2. The molecule has 0 atom stereocenters. The molecular weight excluding hydrogens is 258 g/mol. The second-order valence-corrected chi connectivity index (χ2v) is 2.90. The van der Waals surface area contributed by atoms with Gasteiger partial charge in [0.1, 0.15) is 0 Å². The van der Waals surface area contributed by atoms with E-state index in [4.69, 9.17) is 40.5 Å². The second kappa shape index (κ2) is 9.56. The molecule has 0 radical (unpaired) electrons. The summed E-state index contributed by atoms with van der Waals surface area (Å²) < 4.78 is 68.2. The predicted octanol–water partition coefficient (Wildman–Crippen LogP) is -3.76. The van der Waals surface area contributed by atoms with Gasteiger partial charge in [-0.25, -0.2) is 0 Å². The Balaban J connectivity index is -0.0000000590. The van der Waals surface area contributed by atoms with Crippen molar-refractivity contribution in [1.82, 2.24) is 0 Å². The number of nitrogens with one attached hydrogen (secondary N) is 1. The standard InChI is InChI=1S/CH5N3.C.2H2O4S/c2-1(3)4;;2*1-5(2,3)4/h(H5,2,3,4);;2*(H2,1,2,3,4)/q;+4;;/p-4. The maximum absolute atomic E-state index is 8.52. The van der Waals surface area contributed by atoms with Gasteiger partial charge in [-0.2, -0.15) is 0 Å². The average molecular weight is 263 g/mol. The van der Waals surface area contributed by atoms with Crippen molar-refractivity contribution in [3.05, 3.63) is 7.43 Å². The van der Waals surface area contributed by atoms with Crippen LogP contribution >= 0.6 is 0 Å². The van der Waals surface area contributed by atoms with Crippen LogP contribution in [-0.4, -0.2) is 41.0 Å². The summed E-state index contributed by atoms with van der Waals surface area (Å²) in [5.41, 5.74) is 8.94. The number of rotatable bonds is 0. The van der Waals surface area contributed by atoms with Crippen molar-refractivity contribution in [3.8, 4) is 0 Å². The molecule has 88 valence electrons. The topological polar surface area (TPSA) is 236 Å². The van der Waals surface area contributed by atoms with E-state index < -0.39 is 20.8 Å². The summed E-state index contributed by atoms with van der Waals surface area (Å²) in [4.78, 5) is 0. The quantitative estimate of drug-likeness (QED) is 0.167. The molecule has 0 aliphatic heterocycles. The van der Waals surface area contributed by atoms with Crippen LogP contribution in [0.4, 0.5) is 0 Å². The van der Waals surface area contributed by atoms with Gasteiger partial charge in [-0.05, 0) is 0 Å². The van der Waals surface area contributed by atoms with Gasteiger partial charge in [-0.15, -0.1) is 0 Å². The third-order valence-electron chi connectivity index (χ3n) is 0. The normalized spacial score (nSPS) is 9.33. The van der Waals surface area contributed by atoms with Crippen molar-refractivity contribution >= 4 is 26.8 Å². The zero-order valence-electron chi connectivity index (χ0n) is 6.74. The Hall–Kier alpha value is -0.990. The number of hydrogen-bond acceptors (Lipinski definition) is 9. The molecule has 5 N–H and O–H groups in total. The van der Waals surface area contributed by atoms with Crippen molar-refractivity contribution in [1.29, 1.82) is 5.41 Å².